The maximum Gasteiger partial charge on any atom is 0.253 e. The third-order valence-electron chi connectivity index (χ3n) is 1.43. The minimum absolute atomic E-state index is 0.0469. The van der Waals surface area contributed by atoms with Crippen LogP contribution in [0.5, 0.6) is 0 Å². The highest BCUT2D eigenvalue weighted by molar-refractivity contribution is 5.93. The SMILES string of the molecule is CN(C)[13C](=O)c1ccccc1. The summed E-state index contributed by atoms with van der Waals surface area (Å²) in [5, 5.41) is 0. The summed E-state index contributed by atoms with van der Waals surface area (Å²) in [7, 11) is 3.49. The van der Waals surface area contributed by atoms with Crippen LogP contribution in [-0.4, -0.2) is 24.9 Å². The Kier molecular flexibility index (Phi) is 2.26. The second-order valence-electron chi connectivity index (χ2n) is 2.57. The average molecular weight is 150 g/mol. The van der Waals surface area contributed by atoms with E-state index in [4.69, 9.17) is 0 Å². The molecule has 0 spiro atoms. The molecule has 1 aromatic rings. The van der Waals surface area contributed by atoms with E-state index in [1.54, 1.807) is 19.0 Å². The lowest BCUT2D eigenvalue weighted by atomic mass is 10.3. The van der Waals surface area contributed by atoms with Crippen molar-refractivity contribution in [2.75, 3.05) is 14.1 Å². The molecule has 0 aromatic heterocycles. The Hall–Kier alpha value is -1.31. The van der Waals surface area contributed by atoms with E-state index in [0.717, 1.165) is 5.56 Å². The predicted molar refractivity (Wildman–Crippen MR) is 44.5 cm³/mol. The van der Waals surface area contributed by atoms with Crippen LogP contribution in [0.1, 0.15) is 10.4 Å². The molecule has 2 heteroatoms. The quantitative estimate of drug-likeness (QED) is 0.554. The van der Waals surface area contributed by atoms with Crippen LogP contribution in [0.25, 0.3) is 0 Å². The zero-order valence-corrected chi connectivity index (χ0v) is 6.74. The lowest BCUT2D eigenvalue weighted by Gasteiger charge is -2.08. The third kappa shape index (κ3) is 1.80. The van der Waals surface area contributed by atoms with Crippen LogP contribution < -0.4 is 0 Å². The highest BCUT2D eigenvalue weighted by atomic mass is 16.2. The first-order valence-corrected chi connectivity index (χ1v) is 3.48. The summed E-state index contributed by atoms with van der Waals surface area (Å²) in [5.74, 6) is 0.0469. The van der Waals surface area contributed by atoms with Gasteiger partial charge in [0.1, 0.15) is 0 Å². The van der Waals surface area contributed by atoms with Crippen LogP contribution in [0.3, 0.4) is 0 Å². The smallest absolute Gasteiger partial charge is 0.253 e. The van der Waals surface area contributed by atoms with Crippen LogP contribution in [0.4, 0.5) is 0 Å². The van der Waals surface area contributed by atoms with E-state index < -0.39 is 0 Å². The van der Waals surface area contributed by atoms with Gasteiger partial charge < -0.3 is 4.90 Å². The molecule has 0 saturated carbocycles. The van der Waals surface area contributed by atoms with Crippen molar-refractivity contribution < 1.29 is 4.79 Å². The second-order valence-corrected chi connectivity index (χ2v) is 2.57. The molecular formula is C9H11NO. The predicted octanol–water partition coefficient (Wildman–Crippen LogP) is 1.39. The summed E-state index contributed by atoms with van der Waals surface area (Å²) >= 11 is 0. The van der Waals surface area contributed by atoms with Crippen LogP contribution in [-0.2, 0) is 0 Å². The van der Waals surface area contributed by atoms with Crippen molar-refractivity contribution in [3.8, 4) is 0 Å². The fraction of sp³-hybridized carbons (Fsp3) is 0.222. The molecule has 0 unspecified atom stereocenters. The summed E-state index contributed by atoms with van der Waals surface area (Å²) in [6.45, 7) is 0. The number of hydrogen-bond acceptors (Lipinski definition) is 1. The number of carbonyl (C=O) groups excluding carboxylic acids is 1. The van der Waals surface area contributed by atoms with Gasteiger partial charge in [0.25, 0.3) is 5.91 Å². The number of amides is 1. The molecule has 0 aliphatic heterocycles. The number of carbonyl (C=O) groups is 1. The molecule has 0 aliphatic carbocycles. The lowest BCUT2D eigenvalue weighted by molar-refractivity contribution is 0.0827. The average Bonchev–Trinajstić information content (AvgIpc) is 2.05. The first-order valence-electron chi connectivity index (χ1n) is 3.48. The standard InChI is InChI=1S/C9H11NO/c1-10(2)9(11)8-6-4-3-5-7-8/h3-7H,1-2H3/i9+1. The zero-order chi connectivity index (χ0) is 8.27. The fourth-order valence-corrected chi connectivity index (χ4v) is 0.839. The van der Waals surface area contributed by atoms with Gasteiger partial charge in [-0.05, 0) is 12.1 Å². The van der Waals surface area contributed by atoms with E-state index in [-0.39, 0.29) is 5.91 Å². The summed E-state index contributed by atoms with van der Waals surface area (Å²) < 4.78 is 0. The van der Waals surface area contributed by atoms with Gasteiger partial charge in [-0.2, -0.15) is 0 Å². The molecule has 1 amide bonds. The van der Waals surface area contributed by atoms with Crippen LogP contribution in [0, 0.1) is 0 Å². The van der Waals surface area contributed by atoms with Gasteiger partial charge in [-0.15, -0.1) is 0 Å². The minimum Gasteiger partial charge on any atom is -0.345 e. The van der Waals surface area contributed by atoms with Crippen molar-refractivity contribution in [1.29, 1.82) is 0 Å². The molecule has 58 valence electrons. The molecular weight excluding hydrogens is 139 g/mol. The number of benzene rings is 1. The van der Waals surface area contributed by atoms with Crippen molar-refractivity contribution in [3.63, 3.8) is 0 Å². The van der Waals surface area contributed by atoms with Crippen molar-refractivity contribution in [3.05, 3.63) is 35.9 Å². The van der Waals surface area contributed by atoms with Crippen molar-refractivity contribution >= 4 is 5.91 Å². The number of nitrogens with zero attached hydrogens (tertiary/aromatic N) is 1. The van der Waals surface area contributed by atoms with Gasteiger partial charge in [0, 0.05) is 19.7 Å². The lowest BCUT2D eigenvalue weighted by Crippen LogP contribution is -2.21. The molecule has 0 bridgehead atoms. The molecule has 0 aliphatic rings. The summed E-state index contributed by atoms with van der Waals surface area (Å²) in [5.41, 5.74) is 0.734. The van der Waals surface area contributed by atoms with Gasteiger partial charge >= 0.3 is 0 Å². The Morgan fingerprint density at radius 3 is 2.18 bits per heavy atom. The molecule has 0 fully saturated rings. The maximum absolute atomic E-state index is 11.3. The Bertz CT molecular complexity index is 241. The normalized spacial score (nSPS) is 9.27. The second kappa shape index (κ2) is 3.19. The van der Waals surface area contributed by atoms with Crippen molar-refractivity contribution in [2.45, 2.75) is 0 Å². The van der Waals surface area contributed by atoms with Crippen LogP contribution in [0.15, 0.2) is 30.3 Å². The molecule has 0 radical (unpaired) electrons. The van der Waals surface area contributed by atoms with E-state index >= 15 is 0 Å². The zero-order valence-electron chi connectivity index (χ0n) is 6.74. The first-order chi connectivity index (χ1) is 5.22. The van der Waals surface area contributed by atoms with E-state index in [1.165, 1.54) is 0 Å². The van der Waals surface area contributed by atoms with Gasteiger partial charge in [-0.3, -0.25) is 4.79 Å². The van der Waals surface area contributed by atoms with Crippen LogP contribution in [0.2, 0.25) is 0 Å². The van der Waals surface area contributed by atoms with Crippen molar-refractivity contribution in [2.24, 2.45) is 0 Å². The topological polar surface area (TPSA) is 20.3 Å². The molecule has 0 saturated heterocycles. The Morgan fingerprint density at radius 2 is 1.73 bits per heavy atom. The largest absolute Gasteiger partial charge is 0.345 e. The summed E-state index contributed by atoms with van der Waals surface area (Å²) in [6, 6.07) is 9.23. The van der Waals surface area contributed by atoms with Gasteiger partial charge in [0.15, 0.2) is 0 Å². The molecule has 0 heterocycles. The molecule has 0 N–H and O–H groups in total. The molecule has 1 rings (SSSR count). The highest BCUT2D eigenvalue weighted by Crippen LogP contribution is 2.00. The monoisotopic (exact) mass is 150 g/mol. The van der Waals surface area contributed by atoms with E-state index in [0.29, 0.717) is 0 Å². The molecule has 2 nitrogen and oxygen atoms in total. The van der Waals surface area contributed by atoms with E-state index in [2.05, 4.69) is 0 Å². The van der Waals surface area contributed by atoms with E-state index in [1.807, 2.05) is 30.3 Å². The van der Waals surface area contributed by atoms with Crippen LogP contribution >= 0.6 is 0 Å². The summed E-state index contributed by atoms with van der Waals surface area (Å²) in [6.07, 6.45) is 0. The highest BCUT2D eigenvalue weighted by Gasteiger charge is 2.04. The molecule has 11 heavy (non-hydrogen) atoms. The Labute approximate surface area is 66.4 Å². The molecule has 0 atom stereocenters. The summed E-state index contributed by atoms with van der Waals surface area (Å²) in [4.78, 5) is 12.8. The van der Waals surface area contributed by atoms with Crippen molar-refractivity contribution in [1.82, 2.24) is 4.90 Å². The van der Waals surface area contributed by atoms with Gasteiger partial charge in [0.2, 0.25) is 0 Å². The fourth-order valence-electron chi connectivity index (χ4n) is 0.839. The van der Waals surface area contributed by atoms with E-state index in [9.17, 15) is 4.79 Å². The Balaban J connectivity index is 2.86. The van der Waals surface area contributed by atoms with Gasteiger partial charge in [0.05, 0.1) is 0 Å². The van der Waals surface area contributed by atoms with Gasteiger partial charge in [-0.1, -0.05) is 18.2 Å². The Morgan fingerprint density at radius 1 is 1.18 bits per heavy atom. The first kappa shape index (κ1) is 7.79. The maximum atomic E-state index is 11.3. The van der Waals surface area contributed by atoms with Gasteiger partial charge in [-0.25, -0.2) is 0 Å². The number of rotatable bonds is 1. The number of hydrogen-bond donors (Lipinski definition) is 0. The third-order valence-corrected chi connectivity index (χ3v) is 1.43. The molecule has 1 aromatic carbocycles. The minimum atomic E-state index is 0.0469.